The summed E-state index contributed by atoms with van der Waals surface area (Å²) in [5.41, 5.74) is -0.656. The highest BCUT2D eigenvalue weighted by molar-refractivity contribution is 5.97. The van der Waals surface area contributed by atoms with Crippen molar-refractivity contribution in [2.45, 2.75) is 25.3 Å². The molecule has 20 heavy (non-hydrogen) atoms. The summed E-state index contributed by atoms with van der Waals surface area (Å²) in [6.07, 6.45) is 1.48. The van der Waals surface area contributed by atoms with E-state index in [4.69, 9.17) is 5.11 Å². The molecule has 7 heteroatoms. The zero-order valence-corrected chi connectivity index (χ0v) is 10.4. The topological polar surface area (TPSA) is 57.6 Å². The molecular formula is C13H12F3NO3. The molecular weight excluding hydrogens is 275 g/mol. The smallest absolute Gasteiger partial charge is 0.326 e. The van der Waals surface area contributed by atoms with Crippen LogP contribution in [0.5, 0.6) is 0 Å². The molecule has 1 unspecified atom stereocenters. The average molecular weight is 287 g/mol. The molecule has 0 aliphatic carbocycles. The van der Waals surface area contributed by atoms with Crippen molar-refractivity contribution < 1.29 is 27.9 Å². The highest BCUT2D eigenvalue weighted by atomic mass is 19.2. The van der Waals surface area contributed by atoms with Gasteiger partial charge in [-0.05, 0) is 25.3 Å². The van der Waals surface area contributed by atoms with Gasteiger partial charge in [0.1, 0.15) is 11.9 Å². The van der Waals surface area contributed by atoms with Gasteiger partial charge in [-0.2, -0.15) is 0 Å². The average Bonchev–Trinajstić information content (AvgIpc) is 2.42. The quantitative estimate of drug-likeness (QED) is 0.848. The number of hydrogen-bond acceptors (Lipinski definition) is 2. The Kier molecular flexibility index (Phi) is 3.96. The Labute approximate surface area is 112 Å². The summed E-state index contributed by atoms with van der Waals surface area (Å²) in [4.78, 5) is 24.2. The minimum absolute atomic E-state index is 0.147. The number of carbonyl (C=O) groups excluding carboxylic acids is 1. The van der Waals surface area contributed by atoms with Crippen molar-refractivity contribution in [3.8, 4) is 0 Å². The molecule has 0 spiro atoms. The van der Waals surface area contributed by atoms with Crippen molar-refractivity contribution in [3.63, 3.8) is 0 Å². The molecule has 1 aliphatic heterocycles. The molecule has 1 atom stereocenters. The van der Waals surface area contributed by atoms with E-state index in [2.05, 4.69) is 0 Å². The highest BCUT2D eigenvalue weighted by Gasteiger charge is 2.33. The van der Waals surface area contributed by atoms with Crippen molar-refractivity contribution in [1.82, 2.24) is 4.90 Å². The number of carbonyl (C=O) groups is 2. The standard InChI is InChI=1S/C13H12F3NO3/c14-8-6-10(16)9(15)5-7(8)12(18)17-4-2-1-3-11(17)13(19)20/h5-6,11H,1-4H2,(H,19,20). The maximum atomic E-state index is 13.6. The highest BCUT2D eigenvalue weighted by Crippen LogP contribution is 2.22. The maximum Gasteiger partial charge on any atom is 0.326 e. The number of rotatable bonds is 2. The van der Waals surface area contributed by atoms with Crippen molar-refractivity contribution in [1.29, 1.82) is 0 Å². The van der Waals surface area contributed by atoms with E-state index in [9.17, 15) is 22.8 Å². The Hall–Kier alpha value is -2.05. The van der Waals surface area contributed by atoms with Crippen LogP contribution in [-0.4, -0.2) is 34.5 Å². The van der Waals surface area contributed by atoms with Gasteiger partial charge in [0, 0.05) is 12.6 Å². The summed E-state index contributed by atoms with van der Waals surface area (Å²) in [5, 5.41) is 9.05. The summed E-state index contributed by atoms with van der Waals surface area (Å²) in [7, 11) is 0. The first-order valence-corrected chi connectivity index (χ1v) is 6.10. The largest absolute Gasteiger partial charge is 0.480 e. The first-order chi connectivity index (χ1) is 9.41. The molecule has 2 rings (SSSR count). The molecule has 1 aromatic carbocycles. The van der Waals surface area contributed by atoms with Crippen LogP contribution in [0.1, 0.15) is 29.6 Å². The van der Waals surface area contributed by atoms with E-state index >= 15 is 0 Å². The third kappa shape index (κ3) is 2.61. The number of likely N-dealkylation sites (tertiary alicyclic amines) is 1. The Bertz CT molecular complexity index is 562. The number of aliphatic carboxylic acids is 1. The van der Waals surface area contributed by atoms with Crippen LogP contribution in [0.25, 0.3) is 0 Å². The number of nitrogens with zero attached hydrogens (tertiary/aromatic N) is 1. The fourth-order valence-electron chi connectivity index (χ4n) is 2.27. The normalized spacial score (nSPS) is 18.9. The summed E-state index contributed by atoms with van der Waals surface area (Å²) in [6.45, 7) is 0.147. The molecule has 1 amide bonds. The molecule has 1 N–H and O–H groups in total. The summed E-state index contributed by atoms with van der Waals surface area (Å²) >= 11 is 0. The number of carboxylic acid groups (broad SMARTS) is 1. The lowest BCUT2D eigenvalue weighted by Gasteiger charge is -2.33. The third-order valence-corrected chi connectivity index (χ3v) is 3.29. The van der Waals surface area contributed by atoms with Gasteiger partial charge in [-0.1, -0.05) is 0 Å². The van der Waals surface area contributed by atoms with Crippen LogP contribution in [0.2, 0.25) is 0 Å². The molecule has 0 saturated carbocycles. The molecule has 108 valence electrons. The number of carboxylic acids is 1. The van der Waals surface area contributed by atoms with Gasteiger partial charge in [-0.25, -0.2) is 18.0 Å². The Balaban J connectivity index is 2.34. The van der Waals surface area contributed by atoms with Gasteiger partial charge in [0.2, 0.25) is 0 Å². The van der Waals surface area contributed by atoms with Crippen LogP contribution in [0.15, 0.2) is 12.1 Å². The Morgan fingerprint density at radius 2 is 1.75 bits per heavy atom. The number of benzene rings is 1. The van der Waals surface area contributed by atoms with E-state index in [-0.39, 0.29) is 19.0 Å². The second-order valence-electron chi connectivity index (χ2n) is 4.59. The SMILES string of the molecule is O=C(O)C1CCCCN1C(=O)c1cc(F)c(F)cc1F. The van der Waals surface area contributed by atoms with E-state index in [0.29, 0.717) is 18.9 Å². The first kappa shape index (κ1) is 14.4. The van der Waals surface area contributed by atoms with Crippen LogP contribution >= 0.6 is 0 Å². The molecule has 1 heterocycles. The first-order valence-electron chi connectivity index (χ1n) is 6.10. The molecule has 1 fully saturated rings. The van der Waals surface area contributed by atoms with Gasteiger partial charge >= 0.3 is 5.97 Å². The van der Waals surface area contributed by atoms with Crippen molar-refractivity contribution in [2.24, 2.45) is 0 Å². The van der Waals surface area contributed by atoms with Crippen LogP contribution in [-0.2, 0) is 4.79 Å². The van der Waals surface area contributed by atoms with Crippen molar-refractivity contribution in [2.75, 3.05) is 6.54 Å². The monoisotopic (exact) mass is 287 g/mol. The number of amides is 1. The van der Waals surface area contributed by atoms with Gasteiger partial charge in [0.25, 0.3) is 5.91 Å². The van der Waals surface area contributed by atoms with Gasteiger partial charge in [0.05, 0.1) is 5.56 Å². The number of hydrogen-bond donors (Lipinski definition) is 1. The van der Waals surface area contributed by atoms with E-state index in [1.54, 1.807) is 0 Å². The second kappa shape index (κ2) is 5.52. The van der Waals surface area contributed by atoms with E-state index in [1.165, 1.54) is 0 Å². The minimum Gasteiger partial charge on any atom is -0.480 e. The van der Waals surface area contributed by atoms with Crippen LogP contribution < -0.4 is 0 Å². The lowest BCUT2D eigenvalue weighted by atomic mass is 10.0. The number of piperidine rings is 1. The fourth-order valence-corrected chi connectivity index (χ4v) is 2.27. The second-order valence-corrected chi connectivity index (χ2v) is 4.59. The van der Waals surface area contributed by atoms with Crippen LogP contribution in [0.4, 0.5) is 13.2 Å². The number of halogens is 3. The summed E-state index contributed by atoms with van der Waals surface area (Å²) < 4.78 is 39.5. The van der Waals surface area contributed by atoms with Gasteiger partial charge < -0.3 is 10.0 Å². The zero-order chi connectivity index (χ0) is 14.9. The minimum atomic E-state index is -1.40. The van der Waals surface area contributed by atoms with Gasteiger partial charge in [-0.15, -0.1) is 0 Å². The molecule has 4 nitrogen and oxygen atoms in total. The summed E-state index contributed by atoms with van der Waals surface area (Å²) in [5.74, 6) is -6.08. The molecule has 1 saturated heterocycles. The molecule has 0 aromatic heterocycles. The van der Waals surface area contributed by atoms with E-state index in [0.717, 1.165) is 4.90 Å². The molecule has 0 bridgehead atoms. The van der Waals surface area contributed by atoms with Crippen LogP contribution in [0, 0.1) is 17.5 Å². The summed E-state index contributed by atoms with van der Waals surface area (Å²) in [6, 6.07) is -0.327. The van der Waals surface area contributed by atoms with Gasteiger partial charge in [-0.3, -0.25) is 4.79 Å². The van der Waals surface area contributed by atoms with E-state index < -0.39 is 40.9 Å². The lowest BCUT2D eigenvalue weighted by Crippen LogP contribution is -2.48. The maximum absolute atomic E-state index is 13.6. The molecule has 1 aliphatic rings. The molecule has 0 radical (unpaired) electrons. The van der Waals surface area contributed by atoms with Crippen LogP contribution in [0.3, 0.4) is 0 Å². The Morgan fingerprint density at radius 3 is 2.40 bits per heavy atom. The predicted molar refractivity (Wildman–Crippen MR) is 62.6 cm³/mol. The van der Waals surface area contributed by atoms with Crippen molar-refractivity contribution in [3.05, 3.63) is 35.1 Å². The van der Waals surface area contributed by atoms with E-state index in [1.807, 2.05) is 0 Å². The third-order valence-electron chi connectivity index (χ3n) is 3.29. The van der Waals surface area contributed by atoms with Gasteiger partial charge in [0.15, 0.2) is 11.6 Å². The Morgan fingerprint density at radius 1 is 1.10 bits per heavy atom. The van der Waals surface area contributed by atoms with Crippen molar-refractivity contribution >= 4 is 11.9 Å². The fraction of sp³-hybridized carbons (Fsp3) is 0.385. The zero-order valence-electron chi connectivity index (χ0n) is 10.4. The lowest BCUT2D eigenvalue weighted by molar-refractivity contribution is -0.143. The predicted octanol–water partition coefficient (Wildman–Crippen LogP) is 2.18. The molecule has 1 aromatic rings.